The molecule has 2 aromatic carbocycles. The van der Waals surface area contributed by atoms with Gasteiger partial charge in [0.05, 0.1) is 16.8 Å². The number of hydrogen-bond acceptors (Lipinski definition) is 3. The summed E-state index contributed by atoms with van der Waals surface area (Å²) in [4.78, 5) is 36.0. The first-order chi connectivity index (χ1) is 12.0. The first kappa shape index (κ1) is 16.2. The summed E-state index contributed by atoms with van der Waals surface area (Å²) >= 11 is 0. The number of benzene rings is 2. The van der Waals surface area contributed by atoms with Crippen LogP contribution < -0.4 is 5.56 Å². The molecule has 3 rings (SSSR count). The van der Waals surface area contributed by atoms with E-state index < -0.39 is 28.6 Å². The number of nitrogens with zero attached hydrogens (tertiary/aromatic N) is 1. The van der Waals surface area contributed by atoms with Gasteiger partial charge in [-0.15, -0.1) is 0 Å². The number of aromatic carboxylic acids is 2. The second-order valence-corrected chi connectivity index (χ2v) is 5.27. The van der Waals surface area contributed by atoms with Crippen LogP contribution in [0.2, 0.25) is 0 Å². The summed E-state index contributed by atoms with van der Waals surface area (Å²) in [6.45, 7) is 0. The van der Waals surface area contributed by atoms with Crippen LogP contribution in [0.1, 0.15) is 20.7 Å². The molecule has 0 aliphatic rings. The van der Waals surface area contributed by atoms with E-state index in [1.165, 1.54) is 4.57 Å². The van der Waals surface area contributed by atoms with Crippen molar-refractivity contribution in [3.63, 3.8) is 0 Å². The van der Waals surface area contributed by atoms with Gasteiger partial charge < -0.3 is 10.2 Å². The van der Waals surface area contributed by atoms with Crippen LogP contribution in [-0.2, 0) is 0 Å². The Bertz CT molecular complexity index is 1010. The summed E-state index contributed by atoms with van der Waals surface area (Å²) in [7, 11) is 0. The van der Waals surface area contributed by atoms with Gasteiger partial charge >= 0.3 is 11.9 Å². The molecule has 0 saturated carbocycles. The van der Waals surface area contributed by atoms with Crippen LogP contribution in [0, 0.1) is 0 Å². The fourth-order valence-corrected chi connectivity index (χ4v) is 2.70. The molecule has 0 fully saturated rings. The van der Waals surface area contributed by atoms with E-state index in [-0.39, 0.29) is 5.69 Å². The lowest BCUT2D eigenvalue weighted by molar-refractivity contribution is 0.0651. The molecule has 6 nitrogen and oxygen atoms in total. The maximum absolute atomic E-state index is 12.6. The van der Waals surface area contributed by atoms with Gasteiger partial charge in [-0.25, -0.2) is 9.59 Å². The van der Waals surface area contributed by atoms with Crippen molar-refractivity contribution in [2.24, 2.45) is 0 Å². The highest BCUT2D eigenvalue weighted by Gasteiger charge is 2.26. The predicted molar refractivity (Wildman–Crippen MR) is 91.4 cm³/mol. The van der Waals surface area contributed by atoms with E-state index in [2.05, 4.69) is 0 Å². The predicted octanol–water partition coefficient (Wildman–Crippen LogP) is 2.90. The molecule has 0 radical (unpaired) electrons. The average Bonchev–Trinajstić information content (AvgIpc) is 2.61. The van der Waals surface area contributed by atoms with Crippen molar-refractivity contribution < 1.29 is 19.8 Å². The molecule has 0 unspecified atom stereocenters. The molecule has 0 amide bonds. The van der Waals surface area contributed by atoms with E-state index in [1.54, 1.807) is 60.7 Å². The summed E-state index contributed by atoms with van der Waals surface area (Å²) in [6, 6.07) is 17.7. The Morgan fingerprint density at radius 3 is 1.88 bits per heavy atom. The van der Waals surface area contributed by atoms with Crippen molar-refractivity contribution in [2.45, 2.75) is 0 Å². The molecule has 6 heteroatoms. The van der Waals surface area contributed by atoms with Crippen molar-refractivity contribution >= 4 is 11.9 Å². The lowest BCUT2D eigenvalue weighted by Gasteiger charge is -2.17. The lowest BCUT2D eigenvalue weighted by atomic mass is 9.99. The number of aromatic nitrogens is 1. The highest BCUT2D eigenvalue weighted by atomic mass is 16.4. The number of hydrogen-bond donors (Lipinski definition) is 2. The molecule has 124 valence electrons. The molecule has 0 aliphatic heterocycles. The van der Waals surface area contributed by atoms with Crippen LogP contribution in [0.15, 0.2) is 71.5 Å². The Hall–Kier alpha value is -3.67. The molecule has 0 aliphatic carbocycles. The van der Waals surface area contributed by atoms with Crippen LogP contribution >= 0.6 is 0 Å². The highest BCUT2D eigenvalue weighted by molar-refractivity contribution is 6.06. The van der Waals surface area contributed by atoms with Crippen LogP contribution in [0.4, 0.5) is 0 Å². The molecule has 0 atom stereocenters. The Balaban J connectivity index is 2.52. The minimum atomic E-state index is -1.47. The maximum atomic E-state index is 12.6. The molecule has 0 saturated heterocycles. The monoisotopic (exact) mass is 335 g/mol. The third-order valence-electron chi connectivity index (χ3n) is 3.72. The van der Waals surface area contributed by atoms with Gasteiger partial charge in [0.25, 0.3) is 5.56 Å². The second-order valence-electron chi connectivity index (χ2n) is 5.27. The molecule has 1 aromatic heterocycles. The minimum Gasteiger partial charge on any atom is -0.478 e. The van der Waals surface area contributed by atoms with Gasteiger partial charge in [0.2, 0.25) is 0 Å². The second kappa shape index (κ2) is 6.45. The number of rotatable bonds is 4. The maximum Gasteiger partial charge on any atom is 0.338 e. The summed E-state index contributed by atoms with van der Waals surface area (Å²) in [5.41, 5.74) is -0.669. The molecule has 2 N–H and O–H groups in total. The van der Waals surface area contributed by atoms with E-state index >= 15 is 0 Å². The topological polar surface area (TPSA) is 96.6 Å². The first-order valence-corrected chi connectivity index (χ1v) is 7.38. The molecular formula is C19H13NO5. The van der Waals surface area contributed by atoms with E-state index in [9.17, 15) is 24.6 Å². The Labute approximate surface area is 142 Å². The molecular weight excluding hydrogens is 322 g/mol. The van der Waals surface area contributed by atoms with E-state index in [1.807, 2.05) is 0 Å². The van der Waals surface area contributed by atoms with Crippen molar-refractivity contribution in [3.8, 4) is 16.9 Å². The average molecular weight is 335 g/mol. The Kier molecular flexibility index (Phi) is 4.18. The zero-order valence-electron chi connectivity index (χ0n) is 12.9. The Morgan fingerprint density at radius 2 is 1.36 bits per heavy atom. The van der Waals surface area contributed by atoms with Gasteiger partial charge in [-0.3, -0.25) is 9.36 Å². The number of carboxylic acid groups (broad SMARTS) is 2. The lowest BCUT2D eigenvalue weighted by Crippen LogP contribution is -2.26. The van der Waals surface area contributed by atoms with E-state index in [0.717, 1.165) is 6.07 Å². The van der Waals surface area contributed by atoms with Crippen LogP contribution in [0.5, 0.6) is 0 Å². The number of carbonyl (C=O) groups is 2. The van der Waals surface area contributed by atoms with Crippen LogP contribution in [-0.4, -0.2) is 26.7 Å². The normalized spacial score (nSPS) is 10.4. The third-order valence-corrected chi connectivity index (χ3v) is 3.72. The van der Waals surface area contributed by atoms with Gasteiger partial charge in [0, 0.05) is 11.8 Å². The smallest absolute Gasteiger partial charge is 0.338 e. The summed E-state index contributed by atoms with van der Waals surface area (Å²) < 4.78 is 1.21. The molecule has 0 bridgehead atoms. The van der Waals surface area contributed by atoms with Crippen molar-refractivity contribution in [3.05, 3.63) is 88.2 Å². The molecule has 1 heterocycles. The van der Waals surface area contributed by atoms with Crippen molar-refractivity contribution in [2.75, 3.05) is 0 Å². The summed E-state index contributed by atoms with van der Waals surface area (Å²) in [5.74, 6) is -2.88. The van der Waals surface area contributed by atoms with Gasteiger partial charge in [0.1, 0.15) is 0 Å². The molecule has 0 spiro atoms. The highest BCUT2D eigenvalue weighted by Crippen LogP contribution is 2.27. The van der Waals surface area contributed by atoms with E-state index in [4.69, 9.17) is 0 Å². The van der Waals surface area contributed by atoms with Gasteiger partial charge in [-0.2, -0.15) is 0 Å². The van der Waals surface area contributed by atoms with Crippen molar-refractivity contribution in [1.82, 2.24) is 4.57 Å². The van der Waals surface area contributed by atoms with Gasteiger partial charge in [-0.05, 0) is 17.7 Å². The first-order valence-electron chi connectivity index (χ1n) is 7.38. The van der Waals surface area contributed by atoms with E-state index in [0.29, 0.717) is 11.3 Å². The Morgan fingerprint density at radius 1 is 0.800 bits per heavy atom. The largest absolute Gasteiger partial charge is 0.478 e. The fraction of sp³-hybridized carbons (Fsp3) is 0. The van der Waals surface area contributed by atoms with Crippen LogP contribution in [0.25, 0.3) is 16.9 Å². The van der Waals surface area contributed by atoms with Crippen LogP contribution in [0.3, 0.4) is 0 Å². The fourth-order valence-electron chi connectivity index (χ4n) is 2.70. The third kappa shape index (κ3) is 2.92. The zero-order chi connectivity index (χ0) is 18.0. The van der Waals surface area contributed by atoms with Gasteiger partial charge in [0.15, 0.2) is 0 Å². The standard InChI is InChI=1S/C19H13NO5/c21-15-11-14(18(22)23)16(19(24)25)17(12-7-3-1-4-8-12)20(15)13-9-5-2-6-10-13/h1-11H,(H,22,23)(H,24,25). The minimum absolute atomic E-state index is 0.0317. The quantitative estimate of drug-likeness (QED) is 0.764. The summed E-state index contributed by atoms with van der Waals surface area (Å²) in [5, 5.41) is 19.0. The van der Waals surface area contributed by atoms with Gasteiger partial charge in [-0.1, -0.05) is 48.5 Å². The number of pyridine rings is 1. The number of para-hydroxylation sites is 1. The SMILES string of the molecule is O=C(O)c1cc(=O)n(-c2ccccc2)c(-c2ccccc2)c1C(=O)O. The number of carboxylic acids is 2. The molecule has 25 heavy (non-hydrogen) atoms. The van der Waals surface area contributed by atoms with Crippen molar-refractivity contribution in [1.29, 1.82) is 0 Å². The molecule has 3 aromatic rings. The zero-order valence-corrected chi connectivity index (χ0v) is 12.9. The summed E-state index contributed by atoms with van der Waals surface area (Å²) in [6.07, 6.45) is 0.